The summed E-state index contributed by atoms with van der Waals surface area (Å²) < 4.78 is 27.7. The Labute approximate surface area is 105 Å². The van der Waals surface area contributed by atoms with Crippen molar-refractivity contribution in [2.75, 3.05) is 0 Å². The first-order valence-corrected chi connectivity index (χ1v) is 6.13. The Balaban J connectivity index is 2.41. The molecule has 0 amide bonds. The standard InChI is InChI=1S/C13H17F2N3/c1-8-6-7-10(14)11(12(8)15)13(18-16)17-9-4-2-3-5-9/h6-7,9H,2-5,16H2,1H3,(H,17,18). The molecule has 1 saturated carbocycles. The van der Waals surface area contributed by atoms with Gasteiger partial charge in [-0.05, 0) is 31.4 Å². The van der Waals surface area contributed by atoms with Gasteiger partial charge in [-0.25, -0.2) is 14.6 Å². The molecule has 0 saturated heterocycles. The van der Waals surface area contributed by atoms with Gasteiger partial charge in [0.05, 0.1) is 11.6 Å². The van der Waals surface area contributed by atoms with Crippen LogP contribution in [-0.2, 0) is 0 Å². The monoisotopic (exact) mass is 253 g/mol. The number of nitrogens with one attached hydrogen (secondary N) is 1. The van der Waals surface area contributed by atoms with Gasteiger partial charge in [0, 0.05) is 0 Å². The molecular formula is C13H17F2N3. The average Bonchev–Trinajstić information content (AvgIpc) is 2.86. The fourth-order valence-corrected chi connectivity index (χ4v) is 2.26. The quantitative estimate of drug-likeness (QED) is 0.368. The van der Waals surface area contributed by atoms with Gasteiger partial charge in [0.1, 0.15) is 17.5 Å². The molecule has 3 nitrogen and oxygen atoms in total. The zero-order chi connectivity index (χ0) is 13.1. The maximum atomic E-state index is 14.0. The molecule has 0 radical (unpaired) electrons. The molecule has 0 spiro atoms. The fraction of sp³-hybridized carbons (Fsp3) is 0.462. The van der Waals surface area contributed by atoms with Gasteiger partial charge in [-0.2, -0.15) is 0 Å². The first kappa shape index (κ1) is 13.0. The minimum Gasteiger partial charge on any atom is -0.308 e. The minimum absolute atomic E-state index is 0.0978. The molecule has 1 aromatic carbocycles. The van der Waals surface area contributed by atoms with E-state index in [0.29, 0.717) is 5.56 Å². The first-order valence-electron chi connectivity index (χ1n) is 6.13. The first-order chi connectivity index (χ1) is 8.63. The summed E-state index contributed by atoms with van der Waals surface area (Å²) in [5, 5.41) is 0. The summed E-state index contributed by atoms with van der Waals surface area (Å²) >= 11 is 0. The molecule has 1 aliphatic carbocycles. The lowest BCUT2D eigenvalue weighted by Crippen LogP contribution is -2.34. The summed E-state index contributed by atoms with van der Waals surface area (Å²) in [5.41, 5.74) is 2.54. The number of hydrazine groups is 1. The summed E-state index contributed by atoms with van der Waals surface area (Å²) in [5.74, 6) is 4.20. The number of amidine groups is 1. The molecule has 1 aliphatic rings. The Hall–Kier alpha value is -1.49. The third kappa shape index (κ3) is 2.51. The predicted octanol–water partition coefficient (Wildman–Crippen LogP) is 2.43. The third-order valence-electron chi connectivity index (χ3n) is 3.29. The maximum Gasteiger partial charge on any atom is 0.148 e. The molecule has 1 fully saturated rings. The van der Waals surface area contributed by atoms with Gasteiger partial charge in [-0.3, -0.25) is 4.99 Å². The van der Waals surface area contributed by atoms with Crippen LogP contribution in [0.4, 0.5) is 8.78 Å². The third-order valence-corrected chi connectivity index (χ3v) is 3.29. The zero-order valence-electron chi connectivity index (χ0n) is 10.3. The second-order valence-electron chi connectivity index (χ2n) is 4.61. The van der Waals surface area contributed by atoms with Gasteiger partial charge in [0.2, 0.25) is 0 Å². The summed E-state index contributed by atoms with van der Waals surface area (Å²) in [7, 11) is 0. The summed E-state index contributed by atoms with van der Waals surface area (Å²) in [4.78, 5) is 4.33. The van der Waals surface area contributed by atoms with Crippen LogP contribution in [0.5, 0.6) is 0 Å². The van der Waals surface area contributed by atoms with Crippen molar-refractivity contribution in [1.29, 1.82) is 0 Å². The lowest BCUT2D eigenvalue weighted by molar-refractivity contribution is 0.570. The van der Waals surface area contributed by atoms with E-state index in [-0.39, 0.29) is 17.4 Å². The molecule has 0 aromatic heterocycles. The molecule has 98 valence electrons. The maximum absolute atomic E-state index is 14.0. The van der Waals surface area contributed by atoms with E-state index < -0.39 is 11.6 Å². The van der Waals surface area contributed by atoms with Crippen LogP contribution in [0, 0.1) is 18.6 Å². The second-order valence-corrected chi connectivity index (χ2v) is 4.61. The Morgan fingerprint density at radius 3 is 2.61 bits per heavy atom. The molecule has 1 aromatic rings. The van der Waals surface area contributed by atoms with E-state index in [1.54, 1.807) is 6.92 Å². The van der Waals surface area contributed by atoms with E-state index in [0.717, 1.165) is 25.7 Å². The normalized spacial score (nSPS) is 17.2. The van der Waals surface area contributed by atoms with E-state index >= 15 is 0 Å². The Kier molecular flexibility index (Phi) is 3.91. The van der Waals surface area contributed by atoms with Crippen molar-refractivity contribution in [2.45, 2.75) is 38.6 Å². The summed E-state index contributed by atoms with van der Waals surface area (Å²) in [6.45, 7) is 1.59. The van der Waals surface area contributed by atoms with Gasteiger partial charge >= 0.3 is 0 Å². The number of aryl methyl sites for hydroxylation is 1. The summed E-state index contributed by atoms with van der Waals surface area (Å²) in [6, 6.07) is 2.74. The Bertz CT molecular complexity index is 466. The van der Waals surface area contributed by atoms with Crippen LogP contribution < -0.4 is 11.3 Å². The Morgan fingerprint density at radius 1 is 1.33 bits per heavy atom. The van der Waals surface area contributed by atoms with Crippen LogP contribution >= 0.6 is 0 Å². The van der Waals surface area contributed by atoms with Crippen LogP contribution in [0.25, 0.3) is 0 Å². The van der Waals surface area contributed by atoms with Crippen LogP contribution in [0.1, 0.15) is 36.8 Å². The molecule has 0 atom stereocenters. The van der Waals surface area contributed by atoms with Gasteiger partial charge in [-0.15, -0.1) is 0 Å². The van der Waals surface area contributed by atoms with Gasteiger partial charge < -0.3 is 5.43 Å². The number of nitrogens with two attached hydrogens (primary N) is 1. The highest BCUT2D eigenvalue weighted by molar-refractivity contribution is 5.99. The van der Waals surface area contributed by atoms with E-state index in [9.17, 15) is 8.78 Å². The van der Waals surface area contributed by atoms with Crippen molar-refractivity contribution < 1.29 is 8.78 Å². The van der Waals surface area contributed by atoms with Crippen LogP contribution in [0.2, 0.25) is 0 Å². The fourth-order valence-electron chi connectivity index (χ4n) is 2.26. The van der Waals surface area contributed by atoms with E-state index in [1.807, 2.05) is 0 Å². The van der Waals surface area contributed by atoms with Crippen molar-refractivity contribution in [3.63, 3.8) is 0 Å². The molecular weight excluding hydrogens is 236 g/mol. The van der Waals surface area contributed by atoms with Crippen molar-refractivity contribution in [1.82, 2.24) is 5.43 Å². The number of rotatable bonds is 2. The number of benzene rings is 1. The van der Waals surface area contributed by atoms with Crippen molar-refractivity contribution in [2.24, 2.45) is 10.8 Å². The molecule has 3 N–H and O–H groups in total. The van der Waals surface area contributed by atoms with E-state index in [1.165, 1.54) is 12.1 Å². The van der Waals surface area contributed by atoms with Crippen LogP contribution in [-0.4, -0.2) is 11.9 Å². The lowest BCUT2D eigenvalue weighted by Gasteiger charge is -2.12. The van der Waals surface area contributed by atoms with Crippen LogP contribution in [0.3, 0.4) is 0 Å². The topological polar surface area (TPSA) is 50.4 Å². The van der Waals surface area contributed by atoms with Crippen LogP contribution in [0.15, 0.2) is 17.1 Å². The number of aliphatic imine (C=N–C) groups is 1. The number of halogens is 2. The lowest BCUT2D eigenvalue weighted by atomic mass is 10.1. The average molecular weight is 253 g/mol. The predicted molar refractivity (Wildman–Crippen MR) is 67.2 cm³/mol. The highest BCUT2D eigenvalue weighted by Crippen LogP contribution is 2.23. The largest absolute Gasteiger partial charge is 0.308 e. The van der Waals surface area contributed by atoms with E-state index in [2.05, 4.69) is 10.4 Å². The smallest absolute Gasteiger partial charge is 0.148 e. The summed E-state index contributed by atoms with van der Waals surface area (Å²) in [6.07, 6.45) is 4.09. The molecule has 0 unspecified atom stereocenters. The molecule has 0 bridgehead atoms. The molecule has 18 heavy (non-hydrogen) atoms. The van der Waals surface area contributed by atoms with Crippen molar-refractivity contribution in [3.05, 3.63) is 34.9 Å². The highest BCUT2D eigenvalue weighted by atomic mass is 19.1. The number of nitrogens with zero attached hydrogens (tertiary/aromatic N) is 1. The minimum atomic E-state index is -0.646. The molecule has 0 aliphatic heterocycles. The molecule has 0 heterocycles. The SMILES string of the molecule is Cc1ccc(F)c(C(=NC2CCCC2)NN)c1F. The molecule has 5 heteroatoms. The Morgan fingerprint density at radius 2 is 2.00 bits per heavy atom. The van der Waals surface area contributed by atoms with Gasteiger partial charge in [0.25, 0.3) is 0 Å². The highest BCUT2D eigenvalue weighted by Gasteiger charge is 2.20. The zero-order valence-corrected chi connectivity index (χ0v) is 10.3. The number of hydrogen-bond donors (Lipinski definition) is 2. The molecule has 2 rings (SSSR count). The van der Waals surface area contributed by atoms with E-state index in [4.69, 9.17) is 5.84 Å². The number of hydrogen-bond acceptors (Lipinski definition) is 2. The van der Waals surface area contributed by atoms with Crippen molar-refractivity contribution >= 4 is 5.84 Å². The van der Waals surface area contributed by atoms with Crippen molar-refractivity contribution in [3.8, 4) is 0 Å². The van der Waals surface area contributed by atoms with Gasteiger partial charge in [0.15, 0.2) is 0 Å². The van der Waals surface area contributed by atoms with Gasteiger partial charge in [-0.1, -0.05) is 18.9 Å². The second kappa shape index (κ2) is 5.44.